The van der Waals surface area contributed by atoms with Gasteiger partial charge in [0.05, 0.1) is 6.04 Å². The molecule has 1 aliphatic heterocycles. The quantitative estimate of drug-likeness (QED) is 0.801. The summed E-state index contributed by atoms with van der Waals surface area (Å²) in [6.07, 6.45) is 1.57. The number of hydrogen-bond donors (Lipinski definition) is 1. The van der Waals surface area contributed by atoms with E-state index in [1.165, 1.54) is 0 Å². The van der Waals surface area contributed by atoms with E-state index in [-0.39, 0.29) is 11.9 Å². The number of nitrogens with two attached hydrogens (primary N) is 1. The molecule has 1 aliphatic rings. The van der Waals surface area contributed by atoms with Crippen molar-refractivity contribution in [2.24, 2.45) is 0 Å². The summed E-state index contributed by atoms with van der Waals surface area (Å²) in [5.74, 6) is 0.210. The van der Waals surface area contributed by atoms with Crippen LogP contribution in [0.3, 0.4) is 0 Å². The molecular weight excluding hydrogens is 214 g/mol. The van der Waals surface area contributed by atoms with Crippen molar-refractivity contribution in [2.75, 3.05) is 31.3 Å². The normalized spacial score (nSPS) is 20.3. The molecule has 1 amide bonds. The van der Waals surface area contributed by atoms with Crippen LogP contribution in [0, 0.1) is 0 Å². The third-order valence-electron chi connectivity index (χ3n) is 3.07. The minimum absolute atomic E-state index is 0.210. The smallest absolute Gasteiger partial charge is 0.227 e. The highest BCUT2D eigenvalue weighted by Gasteiger charge is 2.32. The summed E-state index contributed by atoms with van der Waals surface area (Å²) < 4.78 is 0. The fraction of sp³-hybridized carbons (Fsp3) is 0.462. The number of benzene rings is 1. The first-order valence-electron chi connectivity index (χ1n) is 5.90. The molecule has 1 heterocycles. The van der Waals surface area contributed by atoms with Crippen molar-refractivity contribution in [3.63, 3.8) is 0 Å². The Morgan fingerprint density at radius 2 is 2.00 bits per heavy atom. The second-order valence-electron chi connectivity index (χ2n) is 4.81. The lowest BCUT2D eigenvalue weighted by Gasteiger charge is -2.27. The highest BCUT2D eigenvalue weighted by molar-refractivity contribution is 5.96. The number of rotatable bonds is 3. The van der Waals surface area contributed by atoms with Crippen LogP contribution in [0.4, 0.5) is 11.4 Å². The maximum absolute atomic E-state index is 11.9. The van der Waals surface area contributed by atoms with Gasteiger partial charge in [0.15, 0.2) is 0 Å². The van der Waals surface area contributed by atoms with Gasteiger partial charge in [-0.1, -0.05) is 0 Å². The van der Waals surface area contributed by atoms with E-state index < -0.39 is 0 Å². The molecule has 1 saturated heterocycles. The maximum Gasteiger partial charge on any atom is 0.227 e. The Kier molecular flexibility index (Phi) is 3.33. The third-order valence-corrected chi connectivity index (χ3v) is 3.07. The fourth-order valence-electron chi connectivity index (χ4n) is 2.33. The molecule has 0 aromatic heterocycles. The van der Waals surface area contributed by atoms with Crippen LogP contribution in [0.15, 0.2) is 24.3 Å². The molecule has 1 unspecified atom stereocenters. The number of nitrogen functional groups attached to an aromatic ring is 1. The molecule has 0 spiro atoms. The predicted molar refractivity (Wildman–Crippen MR) is 69.9 cm³/mol. The van der Waals surface area contributed by atoms with Gasteiger partial charge in [0.2, 0.25) is 5.91 Å². The zero-order valence-corrected chi connectivity index (χ0v) is 10.4. The van der Waals surface area contributed by atoms with Crippen LogP contribution in [0.25, 0.3) is 0 Å². The van der Waals surface area contributed by atoms with E-state index in [9.17, 15) is 4.79 Å². The van der Waals surface area contributed by atoms with Crippen molar-refractivity contribution in [3.8, 4) is 0 Å². The van der Waals surface area contributed by atoms with Gasteiger partial charge in [-0.3, -0.25) is 4.79 Å². The Morgan fingerprint density at radius 1 is 1.35 bits per heavy atom. The highest BCUT2D eigenvalue weighted by Crippen LogP contribution is 2.27. The maximum atomic E-state index is 11.9. The van der Waals surface area contributed by atoms with Crippen molar-refractivity contribution < 1.29 is 4.79 Å². The molecule has 0 aliphatic carbocycles. The summed E-state index contributed by atoms with van der Waals surface area (Å²) in [5.41, 5.74) is 7.34. The van der Waals surface area contributed by atoms with Gasteiger partial charge in [-0.25, -0.2) is 0 Å². The molecule has 17 heavy (non-hydrogen) atoms. The Morgan fingerprint density at radius 3 is 2.59 bits per heavy atom. The van der Waals surface area contributed by atoms with Gasteiger partial charge in [-0.2, -0.15) is 0 Å². The average molecular weight is 233 g/mol. The largest absolute Gasteiger partial charge is 0.399 e. The van der Waals surface area contributed by atoms with Crippen LogP contribution in [-0.4, -0.2) is 37.5 Å². The molecule has 2 rings (SSSR count). The number of anilines is 2. The number of hydrogen-bond acceptors (Lipinski definition) is 3. The van der Waals surface area contributed by atoms with E-state index in [4.69, 9.17) is 5.73 Å². The zero-order valence-electron chi connectivity index (χ0n) is 10.4. The second kappa shape index (κ2) is 4.75. The van der Waals surface area contributed by atoms with Crippen molar-refractivity contribution in [3.05, 3.63) is 24.3 Å². The number of amides is 1. The Bertz CT molecular complexity index is 400. The molecule has 1 fully saturated rings. The number of nitrogens with zero attached hydrogens (tertiary/aromatic N) is 2. The van der Waals surface area contributed by atoms with Gasteiger partial charge in [0.25, 0.3) is 0 Å². The summed E-state index contributed by atoms with van der Waals surface area (Å²) in [6, 6.07) is 7.80. The first kappa shape index (κ1) is 11.9. The molecule has 1 atom stereocenters. The number of carbonyl (C=O) groups excluding carboxylic acids is 1. The van der Waals surface area contributed by atoms with E-state index in [2.05, 4.69) is 4.90 Å². The first-order chi connectivity index (χ1) is 8.08. The van der Waals surface area contributed by atoms with E-state index in [1.807, 2.05) is 43.3 Å². The minimum atomic E-state index is 0.210. The summed E-state index contributed by atoms with van der Waals surface area (Å²) in [7, 11) is 4.06. The Balaban J connectivity index is 2.21. The molecule has 0 saturated carbocycles. The van der Waals surface area contributed by atoms with Crippen LogP contribution in [0.5, 0.6) is 0 Å². The van der Waals surface area contributed by atoms with Crippen molar-refractivity contribution in [1.82, 2.24) is 4.90 Å². The molecule has 1 aromatic rings. The minimum Gasteiger partial charge on any atom is -0.399 e. The Hall–Kier alpha value is -1.55. The molecular formula is C13H19N3O. The summed E-state index contributed by atoms with van der Waals surface area (Å²) in [5, 5.41) is 0. The molecule has 92 valence electrons. The number of carbonyl (C=O) groups is 1. The molecule has 0 bridgehead atoms. The molecule has 2 N–H and O–H groups in total. The second-order valence-corrected chi connectivity index (χ2v) is 4.81. The summed E-state index contributed by atoms with van der Waals surface area (Å²) in [4.78, 5) is 15.9. The Labute approximate surface area is 102 Å². The van der Waals surface area contributed by atoms with Crippen LogP contribution >= 0.6 is 0 Å². The van der Waals surface area contributed by atoms with E-state index >= 15 is 0 Å². The van der Waals surface area contributed by atoms with Crippen molar-refractivity contribution >= 4 is 17.3 Å². The average Bonchev–Trinajstić information content (AvgIpc) is 2.61. The van der Waals surface area contributed by atoms with Gasteiger partial charge in [-0.05, 0) is 44.8 Å². The lowest BCUT2D eigenvalue weighted by Crippen LogP contribution is -2.39. The lowest BCUT2D eigenvalue weighted by molar-refractivity contribution is -0.117. The standard InChI is InChI=1S/C13H19N3O/c1-15(2)9-12-7-8-13(17)16(12)11-5-3-10(14)4-6-11/h3-6,12H,7-9,14H2,1-2H3. The third kappa shape index (κ3) is 2.58. The van der Waals surface area contributed by atoms with Gasteiger partial charge in [0.1, 0.15) is 0 Å². The first-order valence-corrected chi connectivity index (χ1v) is 5.90. The molecule has 1 aromatic carbocycles. The van der Waals surface area contributed by atoms with Gasteiger partial charge in [-0.15, -0.1) is 0 Å². The monoisotopic (exact) mass is 233 g/mol. The molecule has 4 nitrogen and oxygen atoms in total. The van der Waals surface area contributed by atoms with E-state index in [0.717, 1.165) is 24.3 Å². The van der Waals surface area contributed by atoms with Gasteiger partial charge < -0.3 is 15.5 Å². The zero-order chi connectivity index (χ0) is 12.4. The van der Waals surface area contributed by atoms with Crippen LogP contribution in [0.1, 0.15) is 12.8 Å². The van der Waals surface area contributed by atoms with Crippen molar-refractivity contribution in [2.45, 2.75) is 18.9 Å². The molecule has 4 heteroatoms. The van der Waals surface area contributed by atoms with Crippen molar-refractivity contribution in [1.29, 1.82) is 0 Å². The van der Waals surface area contributed by atoms with Crippen LogP contribution in [-0.2, 0) is 4.79 Å². The number of likely N-dealkylation sites (N-methyl/N-ethyl adjacent to an activating group) is 1. The van der Waals surface area contributed by atoms with E-state index in [0.29, 0.717) is 6.42 Å². The molecule has 0 radical (unpaired) electrons. The van der Waals surface area contributed by atoms with Crippen LogP contribution in [0.2, 0.25) is 0 Å². The summed E-state index contributed by atoms with van der Waals surface area (Å²) >= 11 is 0. The van der Waals surface area contributed by atoms with Crippen LogP contribution < -0.4 is 10.6 Å². The highest BCUT2D eigenvalue weighted by atomic mass is 16.2. The predicted octanol–water partition coefficient (Wildman–Crippen LogP) is 1.33. The lowest BCUT2D eigenvalue weighted by atomic mass is 10.2. The van der Waals surface area contributed by atoms with Gasteiger partial charge >= 0.3 is 0 Å². The van der Waals surface area contributed by atoms with E-state index in [1.54, 1.807) is 0 Å². The topological polar surface area (TPSA) is 49.6 Å². The van der Waals surface area contributed by atoms with Gasteiger partial charge in [0, 0.05) is 24.3 Å². The fourth-order valence-corrected chi connectivity index (χ4v) is 2.33. The SMILES string of the molecule is CN(C)CC1CCC(=O)N1c1ccc(N)cc1. The summed E-state index contributed by atoms with van der Waals surface area (Å²) in [6.45, 7) is 0.899.